The second-order valence-electron chi connectivity index (χ2n) is 4.50. The van der Waals surface area contributed by atoms with Gasteiger partial charge >= 0.3 is 5.97 Å². The summed E-state index contributed by atoms with van der Waals surface area (Å²) >= 11 is 0. The van der Waals surface area contributed by atoms with E-state index in [0.717, 1.165) is 6.07 Å². The Labute approximate surface area is 123 Å². The summed E-state index contributed by atoms with van der Waals surface area (Å²) < 4.78 is 17.9. The smallest absolute Gasteiger partial charge is 0.337 e. The van der Waals surface area contributed by atoms with Crippen molar-refractivity contribution in [3.63, 3.8) is 0 Å². The fourth-order valence-electron chi connectivity index (χ4n) is 2.04. The molecule has 22 heavy (non-hydrogen) atoms. The van der Waals surface area contributed by atoms with Crippen molar-refractivity contribution in [3.05, 3.63) is 58.3 Å². The molecule has 0 aliphatic heterocycles. The van der Waals surface area contributed by atoms with Crippen molar-refractivity contribution >= 4 is 16.9 Å². The predicted molar refractivity (Wildman–Crippen MR) is 76.9 cm³/mol. The van der Waals surface area contributed by atoms with Crippen LogP contribution in [0.25, 0.3) is 22.4 Å². The molecule has 2 aromatic heterocycles. The van der Waals surface area contributed by atoms with Gasteiger partial charge in [0.15, 0.2) is 5.82 Å². The van der Waals surface area contributed by atoms with E-state index in [0.29, 0.717) is 0 Å². The summed E-state index contributed by atoms with van der Waals surface area (Å²) in [5, 5.41) is 0.272. The molecule has 0 unspecified atom stereocenters. The Bertz CT molecular complexity index is 937. The molecule has 3 aromatic rings. The Morgan fingerprint density at radius 1 is 1.27 bits per heavy atom. The fraction of sp³-hybridized carbons (Fsp3) is 0.0667. The minimum absolute atomic E-state index is 0.147. The maximum atomic E-state index is 13.3. The lowest BCUT2D eigenvalue weighted by molar-refractivity contribution is 0.0600. The van der Waals surface area contributed by atoms with Crippen LogP contribution in [0.3, 0.4) is 0 Å². The lowest BCUT2D eigenvalue weighted by Crippen LogP contribution is -2.10. The van der Waals surface area contributed by atoms with E-state index in [9.17, 15) is 14.0 Å². The number of H-pyrrole nitrogens is 1. The van der Waals surface area contributed by atoms with Gasteiger partial charge in [-0.2, -0.15) is 0 Å². The van der Waals surface area contributed by atoms with Gasteiger partial charge in [0, 0.05) is 12.3 Å². The van der Waals surface area contributed by atoms with Crippen molar-refractivity contribution in [1.82, 2.24) is 15.0 Å². The van der Waals surface area contributed by atoms with E-state index in [4.69, 9.17) is 0 Å². The van der Waals surface area contributed by atoms with Crippen LogP contribution in [0.5, 0.6) is 0 Å². The van der Waals surface area contributed by atoms with Crippen LogP contribution >= 0.6 is 0 Å². The molecular formula is C15H10FN3O3. The number of methoxy groups -OCH3 is 1. The first kappa shape index (κ1) is 13.9. The number of hydrogen-bond acceptors (Lipinski definition) is 5. The van der Waals surface area contributed by atoms with Gasteiger partial charge in [-0.3, -0.25) is 9.78 Å². The molecule has 0 aliphatic carbocycles. The summed E-state index contributed by atoms with van der Waals surface area (Å²) in [5.41, 5.74) is 0.356. The van der Waals surface area contributed by atoms with Crippen LogP contribution in [0.4, 0.5) is 4.39 Å². The molecule has 110 valence electrons. The van der Waals surface area contributed by atoms with Gasteiger partial charge in [-0.05, 0) is 24.3 Å². The van der Waals surface area contributed by atoms with E-state index >= 15 is 0 Å². The normalized spacial score (nSPS) is 10.6. The van der Waals surface area contributed by atoms with E-state index in [1.165, 1.54) is 37.6 Å². The zero-order valence-electron chi connectivity index (χ0n) is 11.5. The number of nitrogens with zero attached hydrogens (tertiary/aromatic N) is 2. The molecule has 0 amide bonds. The number of carbonyl (C=O) groups is 1. The monoisotopic (exact) mass is 299 g/mol. The molecule has 0 saturated carbocycles. The quantitative estimate of drug-likeness (QED) is 0.731. The van der Waals surface area contributed by atoms with Gasteiger partial charge in [-0.15, -0.1) is 0 Å². The van der Waals surface area contributed by atoms with Crippen molar-refractivity contribution in [1.29, 1.82) is 0 Å². The first-order valence-corrected chi connectivity index (χ1v) is 6.33. The Balaban J connectivity index is 2.18. The minimum atomic E-state index is -0.530. The Hall–Kier alpha value is -3.09. The number of aromatic nitrogens is 3. The first-order chi connectivity index (χ1) is 10.6. The van der Waals surface area contributed by atoms with Crippen LogP contribution in [0, 0.1) is 5.82 Å². The third-order valence-electron chi connectivity index (χ3n) is 3.09. The van der Waals surface area contributed by atoms with E-state index in [1.54, 1.807) is 0 Å². The molecule has 0 bridgehead atoms. The molecule has 2 heterocycles. The zero-order valence-corrected chi connectivity index (χ0v) is 11.5. The van der Waals surface area contributed by atoms with Crippen LogP contribution in [0.15, 0.2) is 41.3 Å². The Morgan fingerprint density at radius 2 is 2.09 bits per heavy atom. The molecule has 3 rings (SSSR count). The molecular weight excluding hydrogens is 289 g/mol. The predicted octanol–water partition coefficient (Wildman–Crippen LogP) is 1.91. The summed E-state index contributed by atoms with van der Waals surface area (Å²) in [6.07, 6.45) is 1.40. The second kappa shape index (κ2) is 5.36. The lowest BCUT2D eigenvalue weighted by Gasteiger charge is -2.04. The van der Waals surface area contributed by atoms with Crippen LogP contribution in [-0.2, 0) is 4.74 Å². The fourth-order valence-corrected chi connectivity index (χ4v) is 2.04. The highest BCUT2D eigenvalue weighted by Crippen LogP contribution is 2.16. The van der Waals surface area contributed by atoms with E-state index in [2.05, 4.69) is 19.7 Å². The number of aromatic amines is 1. The topological polar surface area (TPSA) is 84.9 Å². The highest BCUT2D eigenvalue weighted by atomic mass is 19.1. The van der Waals surface area contributed by atoms with Gasteiger partial charge < -0.3 is 9.72 Å². The Morgan fingerprint density at radius 3 is 2.86 bits per heavy atom. The van der Waals surface area contributed by atoms with E-state index < -0.39 is 17.3 Å². The molecule has 0 saturated heterocycles. The summed E-state index contributed by atoms with van der Waals surface area (Å²) in [6.45, 7) is 0. The number of benzene rings is 1. The van der Waals surface area contributed by atoms with E-state index in [1.807, 2.05) is 0 Å². The third-order valence-corrected chi connectivity index (χ3v) is 3.09. The SMILES string of the molecule is COC(=O)c1ccnc(-c2nc3cc(F)ccc3c(=O)[nH]2)c1. The highest BCUT2D eigenvalue weighted by Gasteiger charge is 2.11. The molecule has 0 fully saturated rings. The van der Waals surface area contributed by atoms with Crippen LogP contribution in [-0.4, -0.2) is 28.0 Å². The van der Waals surface area contributed by atoms with Gasteiger partial charge in [0.2, 0.25) is 0 Å². The number of rotatable bonds is 2. The molecule has 0 aliphatic rings. The molecule has 0 radical (unpaired) electrons. The van der Waals surface area contributed by atoms with Gasteiger partial charge in [-0.1, -0.05) is 0 Å². The van der Waals surface area contributed by atoms with Crippen molar-refractivity contribution in [2.45, 2.75) is 0 Å². The Kier molecular flexibility index (Phi) is 3.38. The highest BCUT2D eigenvalue weighted by molar-refractivity contribution is 5.90. The van der Waals surface area contributed by atoms with Crippen molar-refractivity contribution in [2.24, 2.45) is 0 Å². The number of hydrogen-bond donors (Lipinski definition) is 1. The number of halogens is 1. The second-order valence-corrected chi connectivity index (χ2v) is 4.50. The number of pyridine rings is 1. The maximum absolute atomic E-state index is 13.3. The zero-order chi connectivity index (χ0) is 15.7. The van der Waals surface area contributed by atoms with Crippen LogP contribution < -0.4 is 5.56 Å². The summed E-state index contributed by atoms with van der Waals surface area (Å²) in [5.74, 6) is -0.875. The van der Waals surface area contributed by atoms with E-state index in [-0.39, 0.29) is 28.0 Å². The number of ether oxygens (including phenoxy) is 1. The van der Waals surface area contributed by atoms with Gasteiger partial charge in [0.05, 0.1) is 23.6 Å². The molecule has 0 atom stereocenters. The maximum Gasteiger partial charge on any atom is 0.337 e. The molecule has 6 nitrogen and oxygen atoms in total. The van der Waals surface area contributed by atoms with Crippen molar-refractivity contribution in [3.8, 4) is 11.5 Å². The molecule has 1 aromatic carbocycles. The minimum Gasteiger partial charge on any atom is -0.465 e. The average Bonchev–Trinajstić information content (AvgIpc) is 2.53. The molecule has 7 heteroatoms. The third kappa shape index (κ3) is 2.44. The van der Waals surface area contributed by atoms with Crippen molar-refractivity contribution in [2.75, 3.05) is 7.11 Å². The van der Waals surface area contributed by atoms with Crippen LogP contribution in [0.2, 0.25) is 0 Å². The van der Waals surface area contributed by atoms with Gasteiger partial charge in [-0.25, -0.2) is 14.2 Å². The number of esters is 1. The summed E-state index contributed by atoms with van der Waals surface area (Å²) in [6, 6.07) is 6.63. The van der Waals surface area contributed by atoms with Crippen LogP contribution in [0.1, 0.15) is 10.4 Å². The summed E-state index contributed by atoms with van der Waals surface area (Å²) in [7, 11) is 1.27. The molecule has 0 spiro atoms. The average molecular weight is 299 g/mol. The molecule has 1 N–H and O–H groups in total. The van der Waals surface area contributed by atoms with Gasteiger partial charge in [0.1, 0.15) is 11.5 Å². The number of carbonyl (C=O) groups excluding carboxylic acids is 1. The van der Waals surface area contributed by atoms with Gasteiger partial charge in [0.25, 0.3) is 5.56 Å². The standard InChI is InChI=1S/C15H10FN3O3/c1-22-15(21)8-4-5-17-12(6-8)13-18-11-7-9(16)2-3-10(11)14(20)19-13/h2-7H,1H3,(H,18,19,20). The number of nitrogens with one attached hydrogen (secondary N) is 1. The summed E-state index contributed by atoms with van der Waals surface area (Å²) in [4.78, 5) is 34.4. The largest absolute Gasteiger partial charge is 0.465 e. The number of fused-ring (bicyclic) bond motifs is 1. The first-order valence-electron chi connectivity index (χ1n) is 6.33. The lowest BCUT2D eigenvalue weighted by atomic mass is 10.2. The van der Waals surface area contributed by atoms with Crippen molar-refractivity contribution < 1.29 is 13.9 Å².